The Morgan fingerprint density at radius 1 is 1.24 bits per heavy atom. The summed E-state index contributed by atoms with van der Waals surface area (Å²) in [6.07, 6.45) is 5.05. The van der Waals surface area contributed by atoms with Crippen molar-refractivity contribution in [2.24, 2.45) is 0 Å². The first-order valence-corrected chi connectivity index (χ1v) is 11.6. The third kappa shape index (κ3) is 4.81. The van der Waals surface area contributed by atoms with E-state index in [1.54, 1.807) is 23.7 Å². The van der Waals surface area contributed by atoms with Gasteiger partial charge in [0.1, 0.15) is 12.7 Å². The van der Waals surface area contributed by atoms with Gasteiger partial charge in [-0.05, 0) is 23.3 Å². The summed E-state index contributed by atoms with van der Waals surface area (Å²) in [6, 6.07) is 10.00. The fraction of sp³-hybridized carbons (Fsp3) is 0.261. The molecular weight excluding hydrogens is 454 g/mol. The first-order chi connectivity index (χ1) is 16.6. The number of hydrogen-bond donors (Lipinski definition) is 3. The average molecular weight is 478 g/mol. The molecule has 4 heterocycles. The first kappa shape index (κ1) is 22.1. The van der Waals surface area contributed by atoms with E-state index in [9.17, 15) is 4.79 Å². The van der Waals surface area contributed by atoms with Gasteiger partial charge in [0.25, 0.3) is 0 Å². The number of anilines is 2. The van der Waals surface area contributed by atoms with Crippen LogP contribution >= 0.6 is 11.3 Å². The lowest BCUT2D eigenvalue weighted by atomic mass is 10.1. The summed E-state index contributed by atoms with van der Waals surface area (Å²) in [7, 11) is 0. The summed E-state index contributed by atoms with van der Waals surface area (Å²) in [5.74, 6) is 0.491. The molecule has 1 fully saturated rings. The number of morpholine rings is 1. The Morgan fingerprint density at radius 2 is 2.09 bits per heavy atom. The zero-order valence-electron chi connectivity index (χ0n) is 18.2. The molecule has 11 heteroatoms. The number of carbonyl (C=O) groups excluding carboxylic acids is 1. The third-order valence-electron chi connectivity index (χ3n) is 5.52. The molecule has 174 valence electrons. The van der Waals surface area contributed by atoms with Gasteiger partial charge in [-0.25, -0.2) is 19.9 Å². The molecular formula is C23H23N7O3S. The van der Waals surface area contributed by atoms with Gasteiger partial charge in [-0.2, -0.15) is 0 Å². The minimum atomic E-state index is -0.519. The van der Waals surface area contributed by atoms with Gasteiger partial charge in [0.2, 0.25) is 17.8 Å². The van der Waals surface area contributed by atoms with Gasteiger partial charge < -0.3 is 25.8 Å². The van der Waals surface area contributed by atoms with Gasteiger partial charge in [0.15, 0.2) is 0 Å². The van der Waals surface area contributed by atoms with Crippen LogP contribution in [0.25, 0.3) is 20.7 Å². The Kier molecular flexibility index (Phi) is 6.30. The van der Waals surface area contributed by atoms with Gasteiger partial charge in [-0.1, -0.05) is 18.2 Å². The molecule has 0 saturated carbocycles. The standard InChI is InChI=1S/C23H23N7O3S/c24-22-26-9-16(10-27-22)18-12-30(4-5-33-18)23-28-11-20-17(29-23)7-19(34-20)15-3-1-2-14(6-15)8-25-21(32)13-31/h1-3,6-7,9-11,18,31H,4-5,8,12-13H2,(H,25,32)(H2,24,26,27). The predicted octanol–water partition coefficient (Wildman–Crippen LogP) is 1.92. The minimum Gasteiger partial charge on any atom is -0.387 e. The van der Waals surface area contributed by atoms with Crippen LogP contribution in [0.5, 0.6) is 0 Å². The second kappa shape index (κ2) is 9.67. The summed E-state index contributed by atoms with van der Waals surface area (Å²) in [6.45, 7) is 1.67. The number of rotatable bonds is 6. The number of aliphatic hydroxyl groups is 1. The quantitative estimate of drug-likeness (QED) is 0.380. The number of aliphatic hydroxyl groups excluding tert-OH is 1. The van der Waals surface area contributed by atoms with Crippen LogP contribution in [-0.2, 0) is 16.1 Å². The molecule has 0 bridgehead atoms. The van der Waals surface area contributed by atoms with E-state index < -0.39 is 12.5 Å². The fourth-order valence-electron chi connectivity index (χ4n) is 3.76. The maximum absolute atomic E-state index is 11.3. The Labute approximate surface area is 199 Å². The summed E-state index contributed by atoms with van der Waals surface area (Å²) >= 11 is 1.62. The highest BCUT2D eigenvalue weighted by molar-refractivity contribution is 7.22. The molecule has 5 rings (SSSR count). The van der Waals surface area contributed by atoms with Gasteiger partial charge >= 0.3 is 0 Å². The Bertz CT molecular complexity index is 1310. The van der Waals surface area contributed by atoms with Gasteiger partial charge in [-0.3, -0.25) is 4.79 Å². The molecule has 1 unspecified atom stereocenters. The predicted molar refractivity (Wildman–Crippen MR) is 129 cm³/mol. The number of nitrogens with zero attached hydrogens (tertiary/aromatic N) is 5. The number of nitrogens with two attached hydrogens (primary N) is 1. The highest BCUT2D eigenvalue weighted by Gasteiger charge is 2.24. The number of ether oxygens (including phenoxy) is 1. The average Bonchev–Trinajstić information content (AvgIpc) is 3.31. The van der Waals surface area contributed by atoms with Crippen molar-refractivity contribution in [1.82, 2.24) is 25.3 Å². The van der Waals surface area contributed by atoms with Crippen molar-refractivity contribution in [2.75, 3.05) is 36.9 Å². The van der Waals surface area contributed by atoms with Gasteiger partial charge in [0.05, 0.1) is 29.6 Å². The minimum absolute atomic E-state index is 0.180. The van der Waals surface area contributed by atoms with E-state index in [-0.39, 0.29) is 12.1 Å². The van der Waals surface area contributed by atoms with Crippen LogP contribution in [0.3, 0.4) is 0 Å². The van der Waals surface area contributed by atoms with Gasteiger partial charge in [-0.15, -0.1) is 11.3 Å². The van der Waals surface area contributed by atoms with E-state index in [0.29, 0.717) is 32.2 Å². The topological polar surface area (TPSA) is 139 Å². The van der Waals surface area contributed by atoms with Crippen molar-refractivity contribution >= 4 is 39.4 Å². The van der Waals surface area contributed by atoms with Crippen molar-refractivity contribution in [3.05, 3.63) is 60.0 Å². The number of amides is 1. The number of benzene rings is 1. The first-order valence-electron chi connectivity index (χ1n) is 10.8. The molecule has 0 spiro atoms. The van der Waals surface area contributed by atoms with Crippen molar-refractivity contribution in [3.8, 4) is 10.4 Å². The van der Waals surface area contributed by atoms with Crippen LogP contribution in [-0.4, -0.2) is 57.3 Å². The largest absolute Gasteiger partial charge is 0.387 e. The lowest BCUT2D eigenvalue weighted by molar-refractivity contribution is -0.123. The fourth-order valence-corrected chi connectivity index (χ4v) is 4.73. The SMILES string of the molecule is Nc1ncc(C2CN(c3ncc4sc(-c5cccc(CNC(=O)CO)c5)cc4n3)CCO2)cn1. The van der Waals surface area contributed by atoms with E-state index in [4.69, 9.17) is 20.6 Å². The highest BCUT2D eigenvalue weighted by atomic mass is 32.1. The van der Waals surface area contributed by atoms with E-state index >= 15 is 0 Å². The number of fused-ring (bicyclic) bond motifs is 1. The molecule has 1 aromatic carbocycles. The molecule has 1 amide bonds. The van der Waals surface area contributed by atoms with Crippen LogP contribution < -0.4 is 16.0 Å². The molecule has 3 aromatic heterocycles. The van der Waals surface area contributed by atoms with Crippen LogP contribution in [0.1, 0.15) is 17.2 Å². The summed E-state index contributed by atoms with van der Waals surface area (Å²) in [5, 5.41) is 11.6. The molecule has 1 atom stereocenters. The van der Waals surface area contributed by atoms with E-state index in [2.05, 4.69) is 31.2 Å². The Morgan fingerprint density at radius 3 is 2.91 bits per heavy atom. The molecule has 10 nitrogen and oxygen atoms in total. The molecule has 1 aliphatic rings. The number of thiophene rings is 1. The third-order valence-corrected chi connectivity index (χ3v) is 6.62. The van der Waals surface area contributed by atoms with Crippen LogP contribution in [0, 0.1) is 0 Å². The smallest absolute Gasteiger partial charge is 0.245 e. The second-order valence-corrected chi connectivity index (χ2v) is 8.93. The maximum Gasteiger partial charge on any atom is 0.245 e. The molecule has 1 aliphatic heterocycles. The van der Waals surface area contributed by atoms with E-state index in [1.165, 1.54) is 0 Å². The van der Waals surface area contributed by atoms with E-state index in [1.807, 2.05) is 30.5 Å². The van der Waals surface area contributed by atoms with Gasteiger partial charge in [0, 0.05) is 35.9 Å². The molecule has 1 saturated heterocycles. The zero-order valence-corrected chi connectivity index (χ0v) is 19.0. The number of aromatic nitrogens is 4. The lowest BCUT2D eigenvalue weighted by Gasteiger charge is -2.32. The maximum atomic E-state index is 11.3. The van der Waals surface area contributed by atoms with Crippen molar-refractivity contribution in [2.45, 2.75) is 12.6 Å². The molecule has 4 aromatic rings. The highest BCUT2D eigenvalue weighted by Crippen LogP contribution is 2.34. The van der Waals surface area contributed by atoms with Crippen LogP contribution in [0.15, 0.2) is 48.9 Å². The Balaban J connectivity index is 1.35. The number of nitrogen functional groups attached to an aromatic ring is 1. The monoisotopic (exact) mass is 477 g/mol. The Hall–Kier alpha value is -3.67. The normalized spacial score (nSPS) is 16.0. The second-order valence-electron chi connectivity index (χ2n) is 7.85. The molecule has 4 N–H and O–H groups in total. The molecule has 0 aliphatic carbocycles. The molecule has 34 heavy (non-hydrogen) atoms. The summed E-state index contributed by atoms with van der Waals surface area (Å²) in [5.41, 5.74) is 9.33. The van der Waals surface area contributed by atoms with Crippen molar-refractivity contribution < 1.29 is 14.6 Å². The summed E-state index contributed by atoms with van der Waals surface area (Å²) in [4.78, 5) is 32.0. The number of carbonyl (C=O) groups is 1. The summed E-state index contributed by atoms with van der Waals surface area (Å²) < 4.78 is 6.90. The number of hydrogen-bond acceptors (Lipinski definition) is 10. The number of nitrogens with one attached hydrogen (secondary N) is 1. The van der Waals surface area contributed by atoms with Crippen molar-refractivity contribution in [3.63, 3.8) is 0 Å². The molecule has 0 radical (unpaired) electrons. The van der Waals surface area contributed by atoms with Crippen LogP contribution in [0.4, 0.5) is 11.9 Å². The van der Waals surface area contributed by atoms with E-state index in [0.717, 1.165) is 31.8 Å². The zero-order chi connectivity index (χ0) is 23.5. The van der Waals surface area contributed by atoms with Crippen LogP contribution in [0.2, 0.25) is 0 Å². The van der Waals surface area contributed by atoms with Crippen molar-refractivity contribution in [1.29, 1.82) is 0 Å². The lowest BCUT2D eigenvalue weighted by Crippen LogP contribution is -2.39.